The van der Waals surface area contributed by atoms with Crippen molar-refractivity contribution in [3.8, 4) is 0 Å². The maximum Gasteiger partial charge on any atom is 0.303 e. The molecule has 0 atom stereocenters. The molecule has 2 N–H and O–H groups in total. The molecular formula is C12H19N3O2. The number of aryl methyl sites for hydroxylation is 2. The Hall–Kier alpha value is -1.65. The summed E-state index contributed by atoms with van der Waals surface area (Å²) in [5, 5.41) is 11.9. The van der Waals surface area contributed by atoms with Crippen LogP contribution in [0, 0.1) is 13.8 Å². The van der Waals surface area contributed by atoms with Gasteiger partial charge in [0.25, 0.3) is 0 Å². The van der Waals surface area contributed by atoms with E-state index in [-0.39, 0.29) is 12.0 Å². The summed E-state index contributed by atoms with van der Waals surface area (Å²) in [5.41, 5.74) is 0.597. The molecular weight excluding hydrogens is 218 g/mol. The molecule has 0 spiro atoms. The molecule has 0 saturated carbocycles. The maximum absolute atomic E-state index is 10.6. The van der Waals surface area contributed by atoms with Gasteiger partial charge in [0.2, 0.25) is 0 Å². The van der Waals surface area contributed by atoms with E-state index in [1.54, 1.807) is 0 Å². The van der Waals surface area contributed by atoms with Crippen LogP contribution in [0.5, 0.6) is 0 Å². The smallest absolute Gasteiger partial charge is 0.303 e. The van der Waals surface area contributed by atoms with Crippen LogP contribution < -0.4 is 5.32 Å². The summed E-state index contributed by atoms with van der Waals surface area (Å²) in [6, 6.07) is 1.86. The van der Waals surface area contributed by atoms with E-state index in [0.29, 0.717) is 12.2 Å². The molecule has 0 aliphatic rings. The highest BCUT2D eigenvalue weighted by Crippen LogP contribution is 2.18. The summed E-state index contributed by atoms with van der Waals surface area (Å²) in [5.74, 6) is 0.668. The van der Waals surface area contributed by atoms with Crippen LogP contribution in [0.15, 0.2) is 6.07 Å². The third-order valence-electron chi connectivity index (χ3n) is 2.40. The molecule has 0 amide bonds. The molecule has 94 valence electrons. The van der Waals surface area contributed by atoms with Crippen LogP contribution in [0.25, 0.3) is 0 Å². The molecule has 5 nitrogen and oxygen atoms in total. The number of anilines is 1. The SMILES string of the molecule is Cc1cc(NC(C)(C)CCC(=O)O)nc(C)n1. The lowest BCUT2D eigenvalue weighted by Gasteiger charge is -2.26. The lowest BCUT2D eigenvalue weighted by atomic mass is 9.98. The van der Waals surface area contributed by atoms with Gasteiger partial charge in [-0.25, -0.2) is 9.97 Å². The Bertz CT molecular complexity index is 396. The zero-order chi connectivity index (χ0) is 13.1. The topological polar surface area (TPSA) is 75.1 Å². The Morgan fingerprint density at radius 3 is 2.59 bits per heavy atom. The van der Waals surface area contributed by atoms with E-state index >= 15 is 0 Å². The molecule has 1 heterocycles. The van der Waals surface area contributed by atoms with Crippen molar-refractivity contribution in [1.29, 1.82) is 0 Å². The minimum absolute atomic E-state index is 0.142. The van der Waals surface area contributed by atoms with Gasteiger partial charge in [-0.15, -0.1) is 0 Å². The summed E-state index contributed by atoms with van der Waals surface area (Å²) in [6.45, 7) is 7.66. The summed E-state index contributed by atoms with van der Waals surface area (Å²) >= 11 is 0. The average molecular weight is 237 g/mol. The molecule has 0 aliphatic carbocycles. The molecule has 5 heteroatoms. The molecule has 0 radical (unpaired) electrons. The van der Waals surface area contributed by atoms with Gasteiger partial charge in [0, 0.05) is 23.7 Å². The van der Waals surface area contributed by atoms with E-state index in [4.69, 9.17) is 5.11 Å². The Morgan fingerprint density at radius 1 is 1.41 bits per heavy atom. The highest BCUT2D eigenvalue weighted by atomic mass is 16.4. The molecule has 1 aromatic rings. The first-order chi connectivity index (χ1) is 7.78. The molecule has 0 saturated heterocycles. The Kier molecular flexibility index (Phi) is 4.04. The van der Waals surface area contributed by atoms with Crippen LogP contribution in [0.3, 0.4) is 0 Å². The van der Waals surface area contributed by atoms with Crippen LogP contribution in [0.2, 0.25) is 0 Å². The number of carboxylic acid groups (broad SMARTS) is 1. The molecule has 1 aromatic heterocycles. The number of nitrogens with one attached hydrogen (secondary N) is 1. The minimum Gasteiger partial charge on any atom is -0.481 e. The lowest BCUT2D eigenvalue weighted by Crippen LogP contribution is -2.32. The predicted molar refractivity (Wildman–Crippen MR) is 66.1 cm³/mol. The van der Waals surface area contributed by atoms with E-state index < -0.39 is 5.97 Å². The number of rotatable bonds is 5. The van der Waals surface area contributed by atoms with Gasteiger partial charge < -0.3 is 10.4 Å². The zero-order valence-electron chi connectivity index (χ0n) is 10.7. The number of nitrogens with zero attached hydrogens (tertiary/aromatic N) is 2. The Labute approximate surface area is 101 Å². The third kappa shape index (κ3) is 4.80. The molecule has 1 rings (SSSR count). The van der Waals surface area contributed by atoms with Crippen molar-refractivity contribution >= 4 is 11.8 Å². The van der Waals surface area contributed by atoms with Crippen molar-refractivity contribution in [2.24, 2.45) is 0 Å². The molecule has 0 aliphatic heterocycles. The second-order valence-electron chi connectivity index (χ2n) is 4.84. The highest BCUT2D eigenvalue weighted by Gasteiger charge is 2.19. The van der Waals surface area contributed by atoms with Gasteiger partial charge >= 0.3 is 5.97 Å². The second-order valence-corrected chi connectivity index (χ2v) is 4.84. The van der Waals surface area contributed by atoms with Crippen molar-refractivity contribution < 1.29 is 9.90 Å². The normalized spacial score (nSPS) is 11.3. The van der Waals surface area contributed by atoms with Gasteiger partial charge in [-0.3, -0.25) is 4.79 Å². The number of aliphatic carboxylic acids is 1. The van der Waals surface area contributed by atoms with Crippen LogP contribution in [0.1, 0.15) is 38.2 Å². The molecule has 0 aromatic carbocycles. The first-order valence-electron chi connectivity index (χ1n) is 5.61. The van der Waals surface area contributed by atoms with Crippen LogP contribution in [-0.2, 0) is 4.79 Å². The van der Waals surface area contributed by atoms with Gasteiger partial charge in [-0.2, -0.15) is 0 Å². The summed E-state index contributed by atoms with van der Waals surface area (Å²) in [6.07, 6.45) is 0.688. The van der Waals surface area contributed by atoms with Gasteiger partial charge in [0.15, 0.2) is 0 Å². The van der Waals surface area contributed by atoms with Gasteiger partial charge in [0.05, 0.1) is 0 Å². The van der Waals surface area contributed by atoms with E-state index in [1.165, 1.54) is 0 Å². The van der Waals surface area contributed by atoms with Crippen molar-refractivity contribution in [2.75, 3.05) is 5.32 Å². The first kappa shape index (κ1) is 13.4. The number of aromatic nitrogens is 2. The predicted octanol–water partition coefficient (Wildman–Crippen LogP) is 2.15. The maximum atomic E-state index is 10.6. The largest absolute Gasteiger partial charge is 0.481 e. The van der Waals surface area contributed by atoms with E-state index in [2.05, 4.69) is 15.3 Å². The molecule has 0 fully saturated rings. The summed E-state index contributed by atoms with van der Waals surface area (Å²) < 4.78 is 0. The average Bonchev–Trinajstić information content (AvgIpc) is 2.12. The summed E-state index contributed by atoms with van der Waals surface area (Å²) in [4.78, 5) is 19.0. The second kappa shape index (κ2) is 5.12. The third-order valence-corrected chi connectivity index (χ3v) is 2.40. The van der Waals surface area contributed by atoms with E-state index in [0.717, 1.165) is 11.5 Å². The number of carboxylic acids is 1. The zero-order valence-corrected chi connectivity index (χ0v) is 10.7. The first-order valence-corrected chi connectivity index (χ1v) is 5.61. The fraction of sp³-hybridized carbons (Fsp3) is 0.583. The number of carbonyl (C=O) groups is 1. The van der Waals surface area contributed by atoms with Gasteiger partial charge in [0.1, 0.15) is 11.6 Å². The standard InChI is InChI=1S/C12H19N3O2/c1-8-7-10(14-9(2)13-8)15-12(3,4)6-5-11(16)17/h7H,5-6H2,1-4H3,(H,16,17)(H,13,14,15). The highest BCUT2D eigenvalue weighted by molar-refractivity contribution is 5.66. The van der Waals surface area contributed by atoms with Crippen molar-refractivity contribution in [2.45, 2.75) is 46.1 Å². The fourth-order valence-corrected chi connectivity index (χ4v) is 1.61. The quantitative estimate of drug-likeness (QED) is 0.820. The Morgan fingerprint density at radius 2 is 2.06 bits per heavy atom. The fourth-order valence-electron chi connectivity index (χ4n) is 1.61. The van der Waals surface area contributed by atoms with E-state index in [9.17, 15) is 4.79 Å². The van der Waals surface area contributed by atoms with E-state index in [1.807, 2.05) is 33.8 Å². The van der Waals surface area contributed by atoms with Gasteiger partial charge in [-0.1, -0.05) is 0 Å². The molecule has 0 bridgehead atoms. The van der Waals surface area contributed by atoms with Crippen molar-refractivity contribution in [3.63, 3.8) is 0 Å². The monoisotopic (exact) mass is 237 g/mol. The minimum atomic E-state index is -0.782. The Balaban J connectivity index is 2.71. The lowest BCUT2D eigenvalue weighted by molar-refractivity contribution is -0.137. The molecule has 17 heavy (non-hydrogen) atoms. The van der Waals surface area contributed by atoms with Crippen molar-refractivity contribution in [3.05, 3.63) is 17.6 Å². The van der Waals surface area contributed by atoms with Crippen molar-refractivity contribution in [1.82, 2.24) is 9.97 Å². The van der Waals surface area contributed by atoms with Crippen LogP contribution in [-0.4, -0.2) is 26.6 Å². The van der Waals surface area contributed by atoms with Crippen LogP contribution >= 0.6 is 0 Å². The molecule has 0 unspecified atom stereocenters. The number of hydrogen-bond donors (Lipinski definition) is 2. The number of hydrogen-bond acceptors (Lipinski definition) is 4. The van der Waals surface area contributed by atoms with Crippen LogP contribution in [0.4, 0.5) is 5.82 Å². The van der Waals surface area contributed by atoms with Gasteiger partial charge in [-0.05, 0) is 34.1 Å². The summed E-state index contributed by atoms with van der Waals surface area (Å²) in [7, 11) is 0.